The largest absolute Gasteiger partial charge is 0.465 e. The van der Waals surface area contributed by atoms with Crippen molar-refractivity contribution in [1.82, 2.24) is 20.4 Å². The summed E-state index contributed by atoms with van der Waals surface area (Å²) in [6.07, 6.45) is 3.50. The Morgan fingerprint density at radius 3 is 2.49 bits per heavy atom. The number of carbonyl (C=O) groups is 3. The number of hydrogen-bond acceptors (Lipinski definition) is 6. The van der Waals surface area contributed by atoms with Crippen molar-refractivity contribution in [3.05, 3.63) is 34.6 Å². The van der Waals surface area contributed by atoms with Gasteiger partial charge in [-0.25, -0.2) is 18.8 Å². The molecular weight excluding hydrogens is 607 g/mol. The van der Waals surface area contributed by atoms with Crippen molar-refractivity contribution in [3.63, 3.8) is 0 Å². The van der Waals surface area contributed by atoms with Crippen molar-refractivity contribution in [3.8, 4) is 0 Å². The number of nitrogens with one attached hydrogen (secondary N) is 2. The normalized spacial score (nSPS) is 20.4. The minimum atomic E-state index is -1.64. The predicted molar refractivity (Wildman–Crippen MR) is 169 cm³/mol. The Bertz CT molecular complexity index is 1160. The molecule has 1 saturated carbocycles. The van der Waals surface area contributed by atoms with Gasteiger partial charge in [0.1, 0.15) is 11.4 Å². The third-order valence-electron chi connectivity index (χ3n) is 8.84. The summed E-state index contributed by atoms with van der Waals surface area (Å²) in [6, 6.07) is 3.00. The lowest BCUT2D eigenvalue weighted by atomic mass is 9.74. The lowest BCUT2D eigenvalue weighted by Crippen LogP contribution is -2.58. The summed E-state index contributed by atoms with van der Waals surface area (Å²) >= 11 is 6.34. The maximum atomic E-state index is 14.5. The predicted octanol–water partition coefficient (Wildman–Crippen LogP) is 5.31. The van der Waals surface area contributed by atoms with Crippen molar-refractivity contribution in [2.45, 2.75) is 102 Å². The van der Waals surface area contributed by atoms with Crippen molar-refractivity contribution in [2.24, 2.45) is 11.8 Å². The van der Waals surface area contributed by atoms with Crippen LogP contribution in [-0.2, 0) is 10.3 Å². The summed E-state index contributed by atoms with van der Waals surface area (Å²) in [6.45, 7) is 5.93. The van der Waals surface area contributed by atoms with Crippen LogP contribution in [0.2, 0.25) is 5.02 Å². The van der Waals surface area contributed by atoms with Gasteiger partial charge in [0, 0.05) is 44.7 Å². The molecule has 0 radical (unpaired) electrons. The maximum Gasteiger partial charge on any atom is 0.410 e. The fourth-order valence-electron chi connectivity index (χ4n) is 6.50. The van der Waals surface area contributed by atoms with E-state index >= 15 is 0 Å². The number of aliphatic hydroxyl groups excluding tert-OH is 1. The highest BCUT2D eigenvalue weighted by Gasteiger charge is 2.43. The molecule has 1 heterocycles. The van der Waals surface area contributed by atoms with Crippen LogP contribution in [0.25, 0.3) is 0 Å². The molecule has 1 aromatic carbocycles. The molecule has 5 N–H and O–H groups in total. The Morgan fingerprint density at radius 2 is 1.84 bits per heavy atom. The molecule has 11 nitrogen and oxygen atoms in total. The third-order valence-corrected chi connectivity index (χ3v) is 9.23. The molecule has 0 spiro atoms. The number of carboxylic acid groups (broad SMARTS) is 1. The SMILES string of the molecule is CN(C[C@@H](NC(=O)N1CCC[C@@H]([C@@](O)(CCCNC(=O)O)c2cccc(F)c2Cl)C1)[C@@H](O)C1CCCCC1)C(=O)OC(C)(C)C. The molecule has 2 fully saturated rings. The minimum Gasteiger partial charge on any atom is -0.465 e. The number of rotatable bonds is 11. The number of halogens is 2. The Hall–Kier alpha value is -2.83. The lowest BCUT2D eigenvalue weighted by molar-refractivity contribution is -0.0557. The molecule has 1 aromatic rings. The van der Waals surface area contributed by atoms with Crippen molar-refractivity contribution < 1.29 is 38.8 Å². The van der Waals surface area contributed by atoms with Crippen LogP contribution >= 0.6 is 11.6 Å². The molecule has 0 aromatic heterocycles. The van der Waals surface area contributed by atoms with E-state index in [1.54, 1.807) is 38.8 Å². The second-order valence-corrected chi connectivity index (χ2v) is 13.8. The summed E-state index contributed by atoms with van der Waals surface area (Å²) in [7, 11) is 1.57. The molecule has 3 rings (SSSR count). The Kier molecular flexibility index (Phi) is 13.1. The van der Waals surface area contributed by atoms with E-state index in [0.717, 1.165) is 32.1 Å². The molecule has 0 bridgehead atoms. The zero-order valence-electron chi connectivity index (χ0n) is 26.9. The number of urea groups is 1. The average Bonchev–Trinajstić information content (AvgIpc) is 2.99. The number of amides is 4. The van der Waals surface area contributed by atoms with E-state index in [1.165, 1.54) is 17.0 Å². The number of ether oxygens (including phenoxy) is 1. The van der Waals surface area contributed by atoms with E-state index in [0.29, 0.717) is 19.4 Å². The first-order valence-corrected chi connectivity index (χ1v) is 16.3. The van der Waals surface area contributed by atoms with Crippen LogP contribution in [-0.4, -0.2) is 94.3 Å². The molecule has 0 unspecified atom stereocenters. The van der Waals surface area contributed by atoms with Crippen LogP contribution in [0.4, 0.5) is 18.8 Å². The molecule has 254 valence electrons. The molecule has 13 heteroatoms. The van der Waals surface area contributed by atoms with Gasteiger partial charge in [-0.05, 0) is 71.3 Å². The molecule has 1 aliphatic heterocycles. The summed E-state index contributed by atoms with van der Waals surface area (Å²) in [5, 5.41) is 37.6. The van der Waals surface area contributed by atoms with Crippen LogP contribution in [0.15, 0.2) is 18.2 Å². The second-order valence-electron chi connectivity index (χ2n) is 13.5. The van der Waals surface area contributed by atoms with Crippen LogP contribution in [0, 0.1) is 17.7 Å². The Labute approximate surface area is 270 Å². The first-order valence-electron chi connectivity index (χ1n) is 15.9. The monoisotopic (exact) mass is 656 g/mol. The molecule has 4 amide bonds. The highest BCUT2D eigenvalue weighted by molar-refractivity contribution is 6.31. The molecule has 4 atom stereocenters. The topological polar surface area (TPSA) is 152 Å². The van der Waals surface area contributed by atoms with Gasteiger partial charge in [-0.15, -0.1) is 0 Å². The van der Waals surface area contributed by atoms with Crippen LogP contribution < -0.4 is 10.6 Å². The van der Waals surface area contributed by atoms with Gasteiger partial charge in [0.2, 0.25) is 0 Å². The van der Waals surface area contributed by atoms with Gasteiger partial charge in [0.05, 0.1) is 22.8 Å². The number of hydrogen-bond donors (Lipinski definition) is 5. The van der Waals surface area contributed by atoms with Gasteiger partial charge >= 0.3 is 18.2 Å². The zero-order valence-corrected chi connectivity index (χ0v) is 27.6. The zero-order chi connectivity index (χ0) is 33.4. The second kappa shape index (κ2) is 16.1. The average molecular weight is 657 g/mol. The smallest absolute Gasteiger partial charge is 0.410 e. The van der Waals surface area contributed by atoms with Crippen LogP contribution in [0.1, 0.15) is 84.1 Å². The van der Waals surface area contributed by atoms with Crippen LogP contribution in [0.5, 0.6) is 0 Å². The quantitative estimate of drug-likeness (QED) is 0.202. The van der Waals surface area contributed by atoms with E-state index < -0.39 is 53.3 Å². The number of piperidine rings is 1. The van der Waals surface area contributed by atoms with E-state index in [4.69, 9.17) is 21.4 Å². The third kappa shape index (κ3) is 10.3. The number of nitrogens with zero attached hydrogens (tertiary/aromatic N) is 2. The van der Waals surface area contributed by atoms with Gasteiger partial charge in [0.25, 0.3) is 0 Å². The molecule has 45 heavy (non-hydrogen) atoms. The lowest BCUT2D eigenvalue weighted by Gasteiger charge is -2.44. The van der Waals surface area contributed by atoms with Gasteiger partial charge in [-0.1, -0.05) is 43.0 Å². The summed E-state index contributed by atoms with van der Waals surface area (Å²) in [5.41, 5.74) is -2.16. The highest BCUT2D eigenvalue weighted by atomic mass is 35.5. The number of aliphatic hydroxyl groups is 2. The number of benzene rings is 1. The molecular formula is C32H50ClFN4O7. The van der Waals surface area contributed by atoms with Crippen molar-refractivity contribution >= 4 is 29.8 Å². The maximum absolute atomic E-state index is 14.5. The number of likely N-dealkylation sites (tertiary alicyclic amines) is 1. The fraction of sp³-hybridized carbons (Fsp3) is 0.719. The Morgan fingerprint density at radius 1 is 1.16 bits per heavy atom. The summed E-state index contributed by atoms with van der Waals surface area (Å²) < 4.78 is 20.0. The van der Waals surface area contributed by atoms with Crippen LogP contribution in [0.3, 0.4) is 0 Å². The van der Waals surface area contributed by atoms with E-state index in [2.05, 4.69) is 10.6 Å². The van der Waals surface area contributed by atoms with Gasteiger partial charge in [0.15, 0.2) is 0 Å². The fourth-order valence-corrected chi connectivity index (χ4v) is 6.79. The molecule has 2 aliphatic rings. The number of carbonyl (C=O) groups excluding carboxylic acids is 2. The standard InChI is InChI=1S/C32H50ClFN4O7/c1-31(2,3)45-30(43)37(4)20-25(27(39)21-11-6-5-7-12-21)36-28(40)38-18-9-13-22(19-38)32(44,16-10-17-35-29(41)42)23-14-8-15-24(34)26(23)33/h8,14-15,21-22,25,27,35,39,44H,5-7,9-13,16-20H2,1-4H3,(H,36,40)(H,41,42)/t22-,25-,27+,32+/m1/s1. The summed E-state index contributed by atoms with van der Waals surface area (Å²) in [4.78, 5) is 40.4. The first-order chi connectivity index (χ1) is 21.1. The van der Waals surface area contributed by atoms with E-state index in [1.807, 2.05) is 0 Å². The minimum absolute atomic E-state index is 0.0233. The van der Waals surface area contributed by atoms with Gasteiger partial charge in [-0.3, -0.25) is 0 Å². The van der Waals surface area contributed by atoms with Gasteiger partial charge in [-0.2, -0.15) is 0 Å². The van der Waals surface area contributed by atoms with Crippen molar-refractivity contribution in [2.75, 3.05) is 33.2 Å². The molecule has 1 saturated heterocycles. The van der Waals surface area contributed by atoms with E-state index in [-0.39, 0.29) is 49.0 Å². The van der Waals surface area contributed by atoms with Gasteiger partial charge < -0.3 is 40.5 Å². The van der Waals surface area contributed by atoms with Crippen molar-refractivity contribution in [1.29, 1.82) is 0 Å². The number of likely N-dealkylation sites (N-methyl/N-ethyl adjacent to an activating group) is 1. The highest BCUT2D eigenvalue weighted by Crippen LogP contribution is 2.43. The molecule has 1 aliphatic carbocycles. The Balaban J connectivity index is 1.81. The summed E-state index contributed by atoms with van der Waals surface area (Å²) in [5.74, 6) is -1.24. The first kappa shape index (κ1) is 36.6. The van der Waals surface area contributed by atoms with E-state index in [9.17, 15) is 29.0 Å².